The van der Waals surface area contributed by atoms with Gasteiger partial charge in [0.15, 0.2) is 0 Å². The molecule has 0 aromatic heterocycles. The van der Waals surface area contributed by atoms with Crippen molar-refractivity contribution in [2.24, 2.45) is 0 Å². The van der Waals surface area contributed by atoms with Crippen LogP contribution in [0, 0.1) is 11.3 Å². The second kappa shape index (κ2) is 7.94. The summed E-state index contributed by atoms with van der Waals surface area (Å²) in [6, 6.07) is 16.4. The zero-order valence-electron chi connectivity index (χ0n) is 17.4. The number of allylic oxidation sites excluding steroid dienone is 2. The van der Waals surface area contributed by atoms with Crippen molar-refractivity contribution in [2.45, 2.75) is 39.7 Å². The Kier molecular flexibility index (Phi) is 5.61. The van der Waals surface area contributed by atoms with Gasteiger partial charge in [0.05, 0.1) is 24.3 Å². The van der Waals surface area contributed by atoms with Gasteiger partial charge in [-0.15, -0.1) is 0 Å². The van der Waals surface area contributed by atoms with Crippen LogP contribution in [-0.4, -0.2) is 19.2 Å². The lowest BCUT2D eigenvalue weighted by atomic mass is 9.87. The summed E-state index contributed by atoms with van der Waals surface area (Å²) in [6.07, 6.45) is 5.32. The van der Waals surface area contributed by atoms with E-state index in [1.54, 1.807) is 7.11 Å². The molecule has 0 radical (unpaired) electrons. The molecule has 0 unspecified atom stereocenters. The fraction of sp³-hybridized carbons (Fsp3) is 0.320. The first kappa shape index (κ1) is 19.8. The molecule has 2 aromatic rings. The maximum atomic E-state index is 9.70. The first-order valence-electron chi connectivity index (χ1n) is 9.78. The number of fused-ring (bicyclic) bond motifs is 1. The fourth-order valence-corrected chi connectivity index (χ4v) is 4.00. The van der Waals surface area contributed by atoms with E-state index in [0.29, 0.717) is 5.57 Å². The van der Waals surface area contributed by atoms with Gasteiger partial charge in [-0.2, -0.15) is 5.26 Å². The number of nitriles is 1. The number of methoxy groups -OCH3 is 1. The molecule has 3 nitrogen and oxygen atoms in total. The Morgan fingerprint density at radius 3 is 2.54 bits per heavy atom. The summed E-state index contributed by atoms with van der Waals surface area (Å²) in [4.78, 5) is 2.44. The van der Waals surface area contributed by atoms with Gasteiger partial charge in [-0.3, -0.25) is 0 Å². The van der Waals surface area contributed by atoms with Gasteiger partial charge >= 0.3 is 0 Å². The summed E-state index contributed by atoms with van der Waals surface area (Å²) >= 11 is 0. The van der Waals surface area contributed by atoms with E-state index in [0.717, 1.165) is 29.8 Å². The Balaban J connectivity index is 2.17. The SMILES string of the molecule is CCCN1c2cc(OC)c(/C=C(/C#N)c3ccccc3)cc2C(C)=CC1(C)C. The predicted octanol–water partition coefficient (Wildman–Crippen LogP) is 6.17. The number of hydrogen-bond acceptors (Lipinski definition) is 3. The first-order valence-corrected chi connectivity index (χ1v) is 9.78. The average molecular weight is 373 g/mol. The highest BCUT2D eigenvalue weighted by molar-refractivity contribution is 5.93. The van der Waals surface area contributed by atoms with Crippen LogP contribution in [0.4, 0.5) is 5.69 Å². The Bertz CT molecular complexity index is 962. The van der Waals surface area contributed by atoms with Gasteiger partial charge < -0.3 is 9.64 Å². The molecule has 144 valence electrons. The molecule has 0 spiro atoms. The second-order valence-electron chi connectivity index (χ2n) is 7.78. The highest BCUT2D eigenvalue weighted by atomic mass is 16.5. The molecule has 0 N–H and O–H groups in total. The second-order valence-corrected chi connectivity index (χ2v) is 7.78. The molecule has 1 aliphatic rings. The zero-order chi connectivity index (χ0) is 20.3. The highest BCUT2D eigenvalue weighted by Gasteiger charge is 2.31. The first-order chi connectivity index (χ1) is 13.4. The van der Waals surface area contributed by atoms with Crippen molar-refractivity contribution in [2.75, 3.05) is 18.6 Å². The minimum absolute atomic E-state index is 0.0443. The van der Waals surface area contributed by atoms with Gasteiger partial charge in [0, 0.05) is 29.4 Å². The molecular weight excluding hydrogens is 344 g/mol. The van der Waals surface area contributed by atoms with E-state index in [-0.39, 0.29) is 5.54 Å². The summed E-state index contributed by atoms with van der Waals surface area (Å²) in [6.45, 7) is 9.84. The van der Waals surface area contributed by atoms with Crippen molar-refractivity contribution in [1.82, 2.24) is 0 Å². The van der Waals surface area contributed by atoms with E-state index in [1.165, 1.54) is 16.8 Å². The normalized spacial score (nSPS) is 15.5. The average Bonchev–Trinajstić information content (AvgIpc) is 2.69. The van der Waals surface area contributed by atoms with Crippen LogP contribution in [0.25, 0.3) is 17.2 Å². The van der Waals surface area contributed by atoms with Crippen molar-refractivity contribution < 1.29 is 4.74 Å². The lowest BCUT2D eigenvalue weighted by Crippen LogP contribution is -2.45. The summed E-state index contributed by atoms with van der Waals surface area (Å²) in [5, 5.41) is 9.70. The van der Waals surface area contributed by atoms with Crippen LogP contribution in [0.15, 0.2) is 48.5 Å². The van der Waals surface area contributed by atoms with Crippen molar-refractivity contribution >= 4 is 22.9 Å². The largest absolute Gasteiger partial charge is 0.496 e. The van der Waals surface area contributed by atoms with Crippen molar-refractivity contribution in [3.8, 4) is 11.8 Å². The summed E-state index contributed by atoms with van der Waals surface area (Å²) in [5.41, 5.74) is 6.06. The lowest BCUT2D eigenvalue weighted by Gasteiger charge is -2.43. The number of rotatable bonds is 5. The lowest BCUT2D eigenvalue weighted by molar-refractivity contribution is 0.413. The van der Waals surface area contributed by atoms with Crippen LogP contribution in [0.5, 0.6) is 5.75 Å². The Morgan fingerprint density at radius 2 is 1.93 bits per heavy atom. The van der Waals surface area contributed by atoms with Gasteiger partial charge in [0.1, 0.15) is 5.75 Å². The fourth-order valence-electron chi connectivity index (χ4n) is 4.00. The molecule has 0 fully saturated rings. The Labute approximate surface area is 168 Å². The minimum atomic E-state index is -0.0443. The molecule has 0 saturated heterocycles. The third-order valence-electron chi connectivity index (χ3n) is 5.28. The molecule has 1 heterocycles. The van der Waals surface area contributed by atoms with E-state index < -0.39 is 0 Å². The smallest absolute Gasteiger partial charge is 0.128 e. The van der Waals surface area contributed by atoms with Gasteiger partial charge in [0.2, 0.25) is 0 Å². The van der Waals surface area contributed by atoms with Crippen LogP contribution < -0.4 is 9.64 Å². The number of ether oxygens (including phenoxy) is 1. The number of anilines is 1. The molecule has 0 atom stereocenters. The predicted molar refractivity (Wildman–Crippen MR) is 118 cm³/mol. The van der Waals surface area contributed by atoms with Crippen LogP contribution in [-0.2, 0) is 0 Å². The topological polar surface area (TPSA) is 36.3 Å². The van der Waals surface area contributed by atoms with E-state index >= 15 is 0 Å². The van der Waals surface area contributed by atoms with E-state index in [2.05, 4.69) is 56.9 Å². The molecule has 28 heavy (non-hydrogen) atoms. The molecular formula is C25H28N2O. The third kappa shape index (κ3) is 3.68. The standard InChI is InChI=1S/C25H28N2O/c1-6-12-27-23-15-24(28-5)20(14-22(23)18(2)16-25(27,3)4)13-21(17-26)19-10-8-7-9-11-19/h7-11,13-16H,6,12H2,1-5H3/b21-13-. The monoisotopic (exact) mass is 372 g/mol. The van der Waals surface area contributed by atoms with Gasteiger partial charge in [-0.25, -0.2) is 0 Å². The molecule has 1 aliphatic heterocycles. The van der Waals surface area contributed by atoms with Crippen molar-refractivity contribution in [3.05, 3.63) is 65.2 Å². The van der Waals surface area contributed by atoms with Gasteiger partial charge in [-0.1, -0.05) is 43.3 Å². The number of hydrogen-bond donors (Lipinski definition) is 0. The highest BCUT2D eigenvalue weighted by Crippen LogP contribution is 2.42. The third-order valence-corrected chi connectivity index (χ3v) is 5.28. The van der Waals surface area contributed by atoms with Gasteiger partial charge in [-0.05, 0) is 50.5 Å². The van der Waals surface area contributed by atoms with Crippen molar-refractivity contribution in [3.63, 3.8) is 0 Å². The van der Waals surface area contributed by atoms with E-state index in [9.17, 15) is 5.26 Å². The quantitative estimate of drug-likeness (QED) is 0.465. The zero-order valence-corrected chi connectivity index (χ0v) is 17.4. The molecule has 3 heteroatoms. The molecule has 0 bridgehead atoms. The van der Waals surface area contributed by atoms with Crippen LogP contribution in [0.1, 0.15) is 50.8 Å². The summed E-state index contributed by atoms with van der Waals surface area (Å²) < 4.78 is 5.72. The van der Waals surface area contributed by atoms with E-state index in [4.69, 9.17) is 4.74 Å². The summed E-state index contributed by atoms with van der Waals surface area (Å²) in [7, 11) is 1.69. The maximum Gasteiger partial charge on any atom is 0.128 e. The van der Waals surface area contributed by atoms with Gasteiger partial charge in [0.25, 0.3) is 0 Å². The molecule has 2 aromatic carbocycles. The molecule has 3 rings (SSSR count). The van der Waals surface area contributed by atoms with Crippen LogP contribution in [0.2, 0.25) is 0 Å². The Hall–Kier alpha value is -2.99. The maximum absolute atomic E-state index is 9.70. The summed E-state index contributed by atoms with van der Waals surface area (Å²) in [5.74, 6) is 0.786. The minimum Gasteiger partial charge on any atom is -0.496 e. The molecule has 0 saturated carbocycles. The van der Waals surface area contributed by atoms with Crippen molar-refractivity contribution in [1.29, 1.82) is 5.26 Å². The van der Waals surface area contributed by atoms with Crippen LogP contribution >= 0.6 is 0 Å². The van der Waals surface area contributed by atoms with E-state index in [1.807, 2.05) is 36.4 Å². The number of benzene rings is 2. The molecule has 0 aliphatic carbocycles. The number of nitrogens with zero attached hydrogens (tertiary/aromatic N) is 2. The Morgan fingerprint density at radius 1 is 1.21 bits per heavy atom. The van der Waals surface area contributed by atoms with Crippen LogP contribution in [0.3, 0.4) is 0 Å². The molecule has 0 amide bonds.